The van der Waals surface area contributed by atoms with Crippen molar-refractivity contribution in [2.75, 3.05) is 19.7 Å². The number of rotatable bonds is 4. The van der Waals surface area contributed by atoms with Crippen LogP contribution in [0.1, 0.15) is 40.9 Å². The Balaban J connectivity index is 1.65. The molecule has 1 aliphatic rings. The highest BCUT2D eigenvalue weighted by molar-refractivity contribution is 5.77. The first kappa shape index (κ1) is 17.6. The Kier molecular flexibility index (Phi) is 5.51. The third kappa shape index (κ3) is 4.27. The van der Waals surface area contributed by atoms with Crippen LogP contribution >= 0.6 is 0 Å². The molecule has 2 aromatic rings. The molecule has 0 spiro atoms. The lowest BCUT2D eigenvalue weighted by molar-refractivity contribution is -0.141. The number of aliphatic hydroxyl groups excluding tert-OH is 1. The fourth-order valence-electron chi connectivity index (χ4n) is 3.34. The molecular weight excluding hydrogens is 314 g/mol. The molecule has 4 nitrogen and oxygen atoms in total. The number of aliphatic hydroxyl groups is 1. The highest BCUT2D eigenvalue weighted by Gasteiger charge is 2.27. The third-order valence-corrected chi connectivity index (χ3v) is 4.74. The van der Waals surface area contributed by atoms with Crippen molar-refractivity contribution < 1.29 is 14.6 Å². The highest BCUT2D eigenvalue weighted by Crippen LogP contribution is 2.27. The minimum Gasteiger partial charge on any atom is -0.388 e. The maximum Gasteiger partial charge on any atom is 0.225 e. The van der Waals surface area contributed by atoms with E-state index in [0.717, 1.165) is 11.1 Å². The largest absolute Gasteiger partial charge is 0.388 e. The highest BCUT2D eigenvalue weighted by atomic mass is 16.5. The Morgan fingerprint density at radius 2 is 2.00 bits per heavy atom. The molecule has 0 radical (unpaired) electrons. The fraction of sp³-hybridized carbons (Fsp3) is 0.381. The van der Waals surface area contributed by atoms with E-state index in [1.165, 1.54) is 11.1 Å². The lowest BCUT2D eigenvalue weighted by Crippen LogP contribution is -2.42. The van der Waals surface area contributed by atoms with Gasteiger partial charge in [0.15, 0.2) is 0 Å². The summed E-state index contributed by atoms with van der Waals surface area (Å²) in [5.74, 6) is -0.0329. The number of carbonyl (C=O) groups excluding carboxylic acids is 1. The van der Waals surface area contributed by atoms with Crippen LogP contribution < -0.4 is 0 Å². The van der Waals surface area contributed by atoms with Crippen molar-refractivity contribution in [2.24, 2.45) is 0 Å². The van der Waals surface area contributed by atoms with Gasteiger partial charge in [0.1, 0.15) is 6.10 Å². The molecule has 0 saturated carbocycles. The van der Waals surface area contributed by atoms with E-state index in [2.05, 4.69) is 32.0 Å². The minimum atomic E-state index is -0.767. The third-order valence-electron chi connectivity index (χ3n) is 4.74. The van der Waals surface area contributed by atoms with Gasteiger partial charge in [-0.3, -0.25) is 4.79 Å². The Hall–Kier alpha value is -2.17. The molecule has 0 bridgehead atoms. The molecule has 1 fully saturated rings. The number of carbonyl (C=O) groups is 1. The van der Waals surface area contributed by atoms with Crippen molar-refractivity contribution in [1.29, 1.82) is 0 Å². The number of amides is 1. The average Bonchev–Trinajstić information content (AvgIpc) is 2.62. The van der Waals surface area contributed by atoms with E-state index in [-0.39, 0.29) is 18.4 Å². The summed E-state index contributed by atoms with van der Waals surface area (Å²) in [4.78, 5) is 14.4. The second-order valence-corrected chi connectivity index (χ2v) is 6.69. The van der Waals surface area contributed by atoms with Crippen LogP contribution in [-0.2, 0) is 9.53 Å². The molecule has 2 atom stereocenters. The van der Waals surface area contributed by atoms with Gasteiger partial charge in [0.05, 0.1) is 25.7 Å². The van der Waals surface area contributed by atoms with Crippen LogP contribution in [0.5, 0.6) is 0 Å². The van der Waals surface area contributed by atoms with Crippen LogP contribution in [0.3, 0.4) is 0 Å². The van der Waals surface area contributed by atoms with Gasteiger partial charge in [-0.05, 0) is 30.5 Å². The van der Waals surface area contributed by atoms with E-state index >= 15 is 0 Å². The lowest BCUT2D eigenvalue weighted by Gasteiger charge is -2.34. The molecular formula is C21H25NO3. The summed E-state index contributed by atoms with van der Waals surface area (Å²) in [6, 6.07) is 15.6. The second kappa shape index (κ2) is 7.81. The summed E-state index contributed by atoms with van der Waals surface area (Å²) in [5, 5.41) is 10.3. The summed E-state index contributed by atoms with van der Waals surface area (Å²) < 4.78 is 5.90. The van der Waals surface area contributed by atoms with E-state index in [1.807, 2.05) is 30.3 Å². The van der Waals surface area contributed by atoms with Gasteiger partial charge < -0.3 is 14.7 Å². The SMILES string of the molecule is Cc1ccc(C2CN(C(=O)CC(O)c3ccccc3)CCO2)c(C)c1. The summed E-state index contributed by atoms with van der Waals surface area (Å²) >= 11 is 0. The molecule has 2 unspecified atom stereocenters. The monoisotopic (exact) mass is 339 g/mol. The zero-order chi connectivity index (χ0) is 17.8. The van der Waals surface area contributed by atoms with Crippen LogP contribution in [0.4, 0.5) is 0 Å². The minimum absolute atomic E-state index is 0.0329. The lowest BCUT2D eigenvalue weighted by atomic mass is 9.99. The van der Waals surface area contributed by atoms with Gasteiger partial charge in [0.2, 0.25) is 5.91 Å². The van der Waals surface area contributed by atoms with Crippen LogP contribution in [0.15, 0.2) is 48.5 Å². The molecule has 132 valence electrons. The van der Waals surface area contributed by atoms with Crippen molar-refractivity contribution in [3.63, 3.8) is 0 Å². The topological polar surface area (TPSA) is 49.8 Å². The summed E-state index contributed by atoms with van der Waals surface area (Å²) in [5.41, 5.74) is 4.31. The van der Waals surface area contributed by atoms with Gasteiger partial charge >= 0.3 is 0 Å². The average molecular weight is 339 g/mol. The van der Waals surface area contributed by atoms with Gasteiger partial charge in [-0.2, -0.15) is 0 Å². The number of hydrogen-bond acceptors (Lipinski definition) is 3. The Morgan fingerprint density at radius 1 is 1.24 bits per heavy atom. The summed E-state index contributed by atoms with van der Waals surface area (Å²) in [7, 11) is 0. The first-order valence-electron chi connectivity index (χ1n) is 8.74. The predicted octanol–water partition coefficient (Wildman–Crippen LogP) is 3.33. The number of hydrogen-bond donors (Lipinski definition) is 1. The molecule has 1 amide bonds. The number of morpholine rings is 1. The van der Waals surface area contributed by atoms with E-state index in [9.17, 15) is 9.90 Å². The Labute approximate surface area is 149 Å². The van der Waals surface area contributed by atoms with Crippen molar-refractivity contribution in [2.45, 2.75) is 32.5 Å². The molecule has 1 saturated heterocycles. The summed E-state index contributed by atoms with van der Waals surface area (Å²) in [6.07, 6.45) is -0.771. The zero-order valence-electron chi connectivity index (χ0n) is 14.8. The Morgan fingerprint density at radius 3 is 2.72 bits per heavy atom. The molecule has 1 N–H and O–H groups in total. The van der Waals surface area contributed by atoms with Gasteiger partial charge in [0.25, 0.3) is 0 Å². The molecule has 4 heteroatoms. The van der Waals surface area contributed by atoms with Gasteiger partial charge in [0, 0.05) is 6.54 Å². The maximum atomic E-state index is 12.6. The van der Waals surface area contributed by atoms with Crippen LogP contribution in [0.25, 0.3) is 0 Å². The van der Waals surface area contributed by atoms with Gasteiger partial charge in [-0.1, -0.05) is 54.1 Å². The number of ether oxygens (including phenoxy) is 1. The van der Waals surface area contributed by atoms with E-state index in [1.54, 1.807) is 4.90 Å². The standard InChI is InChI=1S/C21H25NO3/c1-15-8-9-18(16(2)12-15)20-14-22(10-11-25-20)21(24)13-19(23)17-6-4-3-5-7-17/h3-9,12,19-20,23H,10-11,13-14H2,1-2H3. The van der Waals surface area contributed by atoms with Crippen LogP contribution in [0, 0.1) is 13.8 Å². The van der Waals surface area contributed by atoms with Crippen molar-refractivity contribution in [3.05, 3.63) is 70.8 Å². The molecule has 25 heavy (non-hydrogen) atoms. The molecule has 1 aliphatic heterocycles. The van der Waals surface area contributed by atoms with Crippen LogP contribution in [0.2, 0.25) is 0 Å². The fourth-order valence-corrected chi connectivity index (χ4v) is 3.34. The summed E-state index contributed by atoms with van der Waals surface area (Å²) in [6.45, 7) is 5.77. The molecule has 0 aromatic heterocycles. The number of aryl methyl sites for hydroxylation is 2. The van der Waals surface area contributed by atoms with Gasteiger partial charge in [-0.25, -0.2) is 0 Å². The Bertz CT molecular complexity index is 729. The zero-order valence-corrected chi connectivity index (χ0v) is 14.8. The maximum absolute atomic E-state index is 12.6. The smallest absolute Gasteiger partial charge is 0.225 e. The number of benzene rings is 2. The van der Waals surface area contributed by atoms with Crippen LogP contribution in [-0.4, -0.2) is 35.6 Å². The molecule has 2 aromatic carbocycles. The normalized spacial score (nSPS) is 18.8. The van der Waals surface area contributed by atoms with Crippen molar-refractivity contribution in [3.8, 4) is 0 Å². The predicted molar refractivity (Wildman–Crippen MR) is 97.2 cm³/mol. The molecule has 3 rings (SSSR count). The van der Waals surface area contributed by atoms with E-state index in [0.29, 0.717) is 19.7 Å². The first-order chi connectivity index (χ1) is 12.0. The number of nitrogens with zero attached hydrogens (tertiary/aromatic N) is 1. The molecule has 1 heterocycles. The second-order valence-electron chi connectivity index (χ2n) is 6.69. The van der Waals surface area contributed by atoms with E-state index in [4.69, 9.17) is 4.74 Å². The van der Waals surface area contributed by atoms with E-state index < -0.39 is 6.10 Å². The van der Waals surface area contributed by atoms with Crippen molar-refractivity contribution >= 4 is 5.91 Å². The molecule has 0 aliphatic carbocycles. The van der Waals surface area contributed by atoms with Gasteiger partial charge in [-0.15, -0.1) is 0 Å². The first-order valence-corrected chi connectivity index (χ1v) is 8.74. The quantitative estimate of drug-likeness (QED) is 0.929. The van der Waals surface area contributed by atoms with Crippen molar-refractivity contribution in [1.82, 2.24) is 4.90 Å².